The van der Waals surface area contributed by atoms with Gasteiger partial charge < -0.3 is 20.1 Å². The Hall–Kier alpha value is -1.75. The third kappa shape index (κ3) is 8.45. The molecule has 130 valence electrons. The second-order valence-electron chi connectivity index (χ2n) is 5.51. The van der Waals surface area contributed by atoms with Gasteiger partial charge in [-0.1, -0.05) is 19.1 Å². The summed E-state index contributed by atoms with van der Waals surface area (Å²) in [6.45, 7) is 9.23. The van der Waals surface area contributed by atoms with E-state index < -0.39 is 0 Å². The summed E-state index contributed by atoms with van der Waals surface area (Å²) < 4.78 is 10.8. The maximum atomic E-state index is 5.67. The van der Waals surface area contributed by atoms with Crippen LogP contribution in [0.1, 0.15) is 32.8 Å². The van der Waals surface area contributed by atoms with Gasteiger partial charge >= 0.3 is 0 Å². The largest absolute Gasteiger partial charge is 0.494 e. The van der Waals surface area contributed by atoms with Crippen LogP contribution in [0.3, 0.4) is 0 Å². The second-order valence-corrected chi connectivity index (χ2v) is 5.51. The minimum Gasteiger partial charge on any atom is -0.494 e. The molecule has 0 saturated carbocycles. The van der Waals surface area contributed by atoms with E-state index in [0.717, 1.165) is 44.2 Å². The highest BCUT2D eigenvalue weighted by Gasteiger charge is 2.04. The van der Waals surface area contributed by atoms with E-state index in [2.05, 4.69) is 48.5 Å². The van der Waals surface area contributed by atoms with Crippen LogP contribution in [0.25, 0.3) is 0 Å². The lowest BCUT2D eigenvalue weighted by molar-refractivity contribution is 0.179. The third-order valence-electron chi connectivity index (χ3n) is 3.19. The van der Waals surface area contributed by atoms with Gasteiger partial charge in [0, 0.05) is 26.2 Å². The lowest BCUT2D eigenvalue weighted by Crippen LogP contribution is -2.44. The van der Waals surface area contributed by atoms with Crippen LogP contribution in [-0.2, 0) is 11.2 Å². The monoisotopic (exact) mass is 321 g/mol. The van der Waals surface area contributed by atoms with E-state index in [0.29, 0.717) is 6.61 Å². The van der Waals surface area contributed by atoms with Crippen LogP contribution in [0.4, 0.5) is 0 Å². The number of ether oxygens (including phenoxy) is 2. The van der Waals surface area contributed by atoms with Gasteiger partial charge in [0.1, 0.15) is 5.75 Å². The zero-order valence-electron chi connectivity index (χ0n) is 14.9. The number of hydrogen-bond acceptors (Lipinski definition) is 3. The van der Waals surface area contributed by atoms with Crippen molar-refractivity contribution in [2.24, 2.45) is 4.99 Å². The predicted octanol–water partition coefficient (Wildman–Crippen LogP) is 2.61. The van der Waals surface area contributed by atoms with Gasteiger partial charge in [0.05, 0.1) is 13.2 Å². The number of guanidine groups is 1. The van der Waals surface area contributed by atoms with Gasteiger partial charge in [0.25, 0.3) is 0 Å². The minimum absolute atomic E-state index is 0.226. The number of nitrogens with zero attached hydrogens (tertiary/aromatic N) is 1. The molecule has 1 unspecified atom stereocenters. The third-order valence-corrected chi connectivity index (χ3v) is 3.19. The standard InChI is InChI=1S/C18H31N3O2/c1-5-12-23-17-9-7-8-16(13-17)10-11-20-18(19-6-2)21-15(3)14-22-4/h7-9,13,15H,5-6,10-12,14H2,1-4H3,(H2,19,20,21). The van der Waals surface area contributed by atoms with Crippen LogP contribution in [0.15, 0.2) is 29.3 Å². The van der Waals surface area contributed by atoms with Crippen LogP contribution in [-0.4, -0.2) is 45.4 Å². The number of benzene rings is 1. The van der Waals surface area contributed by atoms with Crippen LogP contribution >= 0.6 is 0 Å². The van der Waals surface area contributed by atoms with Gasteiger partial charge in [-0.25, -0.2) is 0 Å². The summed E-state index contributed by atoms with van der Waals surface area (Å²) in [6.07, 6.45) is 1.91. The predicted molar refractivity (Wildman–Crippen MR) is 96.4 cm³/mol. The molecule has 1 aromatic carbocycles. The Bertz CT molecular complexity index is 463. The topological polar surface area (TPSA) is 54.9 Å². The SMILES string of the molecule is CCCOc1cccc(CCN=C(NCC)NC(C)COC)c1. The Kier molecular flexibility index (Phi) is 9.87. The van der Waals surface area contributed by atoms with Crippen molar-refractivity contribution in [2.75, 3.05) is 33.4 Å². The Morgan fingerprint density at radius 3 is 2.83 bits per heavy atom. The summed E-state index contributed by atoms with van der Waals surface area (Å²) >= 11 is 0. The molecule has 0 spiro atoms. The summed E-state index contributed by atoms with van der Waals surface area (Å²) in [7, 11) is 1.70. The van der Waals surface area contributed by atoms with Gasteiger partial charge in [0.15, 0.2) is 5.96 Å². The molecule has 0 fully saturated rings. The van der Waals surface area contributed by atoms with E-state index in [9.17, 15) is 0 Å². The molecule has 0 aromatic heterocycles. The molecule has 0 amide bonds. The average molecular weight is 321 g/mol. The number of rotatable bonds is 10. The van der Waals surface area contributed by atoms with Crippen molar-refractivity contribution in [2.45, 2.75) is 39.7 Å². The van der Waals surface area contributed by atoms with E-state index in [-0.39, 0.29) is 6.04 Å². The van der Waals surface area contributed by atoms with Crippen molar-refractivity contribution >= 4 is 5.96 Å². The quantitative estimate of drug-likeness (QED) is 0.514. The van der Waals surface area contributed by atoms with E-state index in [1.165, 1.54) is 5.56 Å². The summed E-state index contributed by atoms with van der Waals surface area (Å²) in [5, 5.41) is 6.59. The second kappa shape index (κ2) is 11.8. The molecular formula is C18H31N3O2. The summed E-state index contributed by atoms with van der Waals surface area (Å²) in [6, 6.07) is 8.47. The Morgan fingerprint density at radius 1 is 1.30 bits per heavy atom. The van der Waals surface area contributed by atoms with Gasteiger partial charge in [-0.3, -0.25) is 4.99 Å². The highest BCUT2D eigenvalue weighted by Crippen LogP contribution is 2.14. The van der Waals surface area contributed by atoms with Crippen LogP contribution in [0, 0.1) is 0 Å². The van der Waals surface area contributed by atoms with Crippen LogP contribution < -0.4 is 15.4 Å². The normalized spacial score (nSPS) is 12.8. The molecule has 0 bridgehead atoms. The summed E-state index contributed by atoms with van der Waals surface area (Å²) in [5.74, 6) is 1.77. The van der Waals surface area contributed by atoms with E-state index in [1.54, 1.807) is 7.11 Å². The molecule has 1 aromatic rings. The van der Waals surface area contributed by atoms with Gasteiger partial charge in [-0.2, -0.15) is 0 Å². The molecule has 0 heterocycles. The molecule has 23 heavy (non-hydrogen) atoms. The Morgan fingerprint density at radius 2 is 2.13 bits per heavy atom. The molecule has 0 saturated heterocycles. The first-order chi connectivity index (χ1) is 11.2. The fraction of sp³-hybridized carbons (Fsp3) is 0.611. The van der Waals surface area contributed by atoms with Crippen molar-refractivity contribution < 1.29 is 9.47 Å². The van der Waals surface area contributed by atoms with E-state index in [4.69, 9.17) is 9.47 Å². The maximum Gasteiger partial charge on any atom is 0.191 e. The minimum atomic E-state index is 0.226. The molecule has 1 atom stereocenters. The fourth-order valence-corrected chi connectivity index (χ4v) is 2.15. The van der Waals surface area contributed by atoms with Crippen LogP contribution in [0.2, 0.25) is 0 Å². The van der Waals surface area contributed by atoms with Gasteiger partial charge in [-0.15, -0.1) is 0 Å². The highest BCUT2D eigenvalue weighted by molar-refractivity contribution is 5.80. The first-order valence-corrected chi connectivity index (χ1v) is 8.45. The number of nitrogens with one attached hydrogen (secondary N) is 2. The molecule has 0 aliphatic carbocycles. The van der Waals surface area contributed by atoms with Crippen molar-refractivity contribution in [3.63, 3.8) is 0 Å². The van der Waals surface area contributed by atoms with Gasteiger partial charge in [-0.05, 0) is 44.4 Å². The van der Waals surface area contributed by atoms with Crippen LogP contribution in [0.5, 0.6) is 5.75 Å². The molecule has 0 aliphatic rings. The Balaban J connectivity index is 2.53. The summed E-state index contributed by atoms with van der Waals surface area (Å²) in [5.41, 5.74) is 1.24. The average Bonchev–Trinajstić information content (AvgIpc) is 2.53. The highest BCUT2D eigenvalue weighted by atomic mass is 16.5. The fourth-order valence-electron chi connectivity index (χ4n) is 2.15. The molecule has 5 nitrogen and oxygen atoms in total. The molecule has 5 heteroatoms. The molecule has 1 rings (SSSR count). The zero-order chi connectivity index (χ0) is 16.9. The lowest BCUT2D eigenvalue weighted by Gasteiger charge is -2.17. The molecule has 2 N–H and O–H groups in total. The molecular weight excluding hydrogens is 290 g/mol. The van der Waals surface area contributed by atoms with Crippen molar-refractivity contribution in [3.8, 4) is 5.75 Å². The van der Waals surface area contributed by atoms with Gasteiger partial charge in [0.2, 0.25) is 0 Å². The zero-order valence-corrected chi connectivity index (χ0v) is 14.9. The first-order valence-electron chi connectivity index (χ1n) is 8.45. The molecule has 0 aliphatic heterocycles. The van der Waals surface area contributed by atoms with E-state index in [1.807, 2.05) is 12.1 Å². The molecule has 0 radical (unpaired) electrons. The first kappa shape index (κ1) is 19.3. The number of aliphatic imine (C=N–C) groups is 1. The lowest BCUT2D eigenvalue weighted by atomic mass is 10.1. The Labute approximate surface area is 140 Å². The van der Waals surface area contributed by atoms with Crippen molar-refractivity contribution in [3.05, 3.63) is 29.8 Å². The maximum absolute atomic E-state index is 5.67. The number of methoxy groups -OCH3 is 1. The summed E-state index contributed by atoms with van der Waals surface area (Å²) in [4.78, 5) is 4.62. The van der Waals surface area contributed by atoms with Crippen molar-refractivity contribution in [1.29, 1.82) is 0 Å². The number of hydrogen-bond donors (Lipinski definition) is 2. The van der Waals surface area contributed by atoms with E-state index >= 15 is 0 Å². The van der Waals surface area contributed by atoms with Crippen molar-refractivity contribution in [1.82, 2.24) is 10.6 Å². The smallest absolute Gasteiger partial charge is 0.191 e.